The van der Waals surface area contributed by atoms with Crippen molar-refractivity contribution < 1.29 is 36.3 Å². The molecular formula is C26H21ClF5N3O4. The normalized spacial score (nSPS) is 17.5. The van der Waals surface area contributed by atoms with Gasteiger partial charge in [0.25, 0.3) is 17.9 Å². The van der Waals surface area contributed by atoms with E-state index in [1.54, 1.807) is 31.2 Å². The molecule has 2 heterocycles. The number of anilines is 1. The fraction of sp³-hybridized carbons (Fsp3) is 0.269. The Hall–Kier alpha value is -3.93. The number of alkyl halides is 5. The Morgan fingerprint density at radius 2 is 1.72 bits per heavy atom. The first-order chi connectivity index (χ1) is 18.3. The highest BCUT2D eigenvalue weighted by atomic mass is 35.5. The molecule has 0 radical (unpaired) electrons. The maximum absolute atomic E-state index is 13.6. The average Bonchev–Trinajstić information content (AvgIpc) is 3.16. The minimum absolute atomic E-state index is 0.0409. The monoisotopic (exact) mass is 569 g/mol. The predicted molar refractivity (Wildman–Crippen MR) is 132 cm³/mol. The zero-order valence-corrected chi connectivity index (χ0v) is 21.0. The van der Waals surface area contributed by atoms with Gasteiger partial charge in [-0.15, -0.1) is 13.2 Å². The Morgan fingerprint density at radius 1 is 1.08 bits per heavy atom. The smallest absolute Gasteiger partial charge is 0.406 e. The Labute approximate surface area is 223 Å². The summed E-state index contributed by atoms with van der Waals surface area (Å²) in [6.07, 6.45) is -6.48. The van der Waals surface area contributed by atoms with Gasteiger partial charge in [-0.05, 0) is 60.5 Å². The first-order valence-electron chi connectivity index (χ1n) is 11.6. The fourth-order valence-electron chi connectivity index (χ4n) is 4.41. The molecule has 0 spiro atoms. The lowest BCUT2D eigenvalue weighted by molar-refractivity contribution is -0.274. The molecule has 2 amide bonds. The maximum Gasteiger partial charge on any atom is 0.573 e. The summed E-state index contributed by atoms with van der Waals surface area (Å²) < 4.78 is 68.0. The van der Waals surface area contributed by atoms with E-state index < -0.39 is 54.4 Å². The third kappa shape index (κ3) is 6.39. The number of nitrogens with one attached hydrogen (secondary N) is 1. The van der Waals surface area contributed by atoms with Crippen molar-refractivity contribution in [2.45, 2.75) is 38.2 Å². The van der Waals surface area contributed by atoms with Gasteiger partial charge in [-0.2, -0.15) is 0 Å². The molecule has 0 saturated carbocycles. The van der Waals surface area contributed by atoms with Crippen LogP contribution in [0.15, 0.2) is 65.6 Å². The molecule has 1 aromatic heterocycles. The molecule has 2 atom stereocenters. The van der Waals surface area contributed by atoms with Crippen LogP contribution in [0.2, 0.25) is 5.02 Å². The Balaban J connectivity index is 1.67. The number of rotatable bonds is 7. The number of aromatic nitrogens is 1. The Kier molecular flexibility index (Phi) is 7.96. The molecule has 13 heteroatoms. The number of aryl methyl sites for hydroxylation is 1. The minimum Gasteiger partial charge on any atom is -0.406 e. The van der Waals surface area contributed by atoms with Crippen LogP contribution in [-0.2, 0) is 11.3 Å². The van der Waals surface area contributed by atoms with Crippen LogP contribution in [0.5, 0.6) is 5.75 Å². The van der Waals surface area contributed by atoms with Crippen LogP contribution in [0.3, 0.4) is 0 Å². The zero-order valence-electron chi connectivity index (χ0n) is 20.2. The van der Waals surface area contributed by atoms with Crippen LogP contribution in [0.1, 0.15) is 27.4 Å². The molecule has 0 aliphatic carbocycles. The van der Waals surface area contributed by atoms with Gasteiger partial charge in [-0.3, -0.25) is 14.4 Å². The molecule has 206 valence electrons. The summed E-state index contributed by atoms with van der Waals surface area (Å²) in [5.41, 5.74) is 0.0657. The molecule has 1 saturated heterocycles. The van der Waals surface area contributed by atoms with Crippen molar-refractivity contribution in [3.63, 3.8) is 0 Å². The molecule has 39 heavy (non-hydrogen) atoms. The quantitative estimate of drug-likeness (QED) is 0.410. The second kappa shape index (κ2) is 11.0. The molecule has 7 nitrogen and oxygen atoms in total. The number of ether oxygens (including phenoxy) is 1. The lowest BCUT2D eigenvalue weighted by atomic mass is 9.94. The van der Waals surface area contributed by atoms with Crippen molar-refractivity contribution in [1.29, 1.82) is 0 Å². The van der Waals surface area contributed by atoms with Gasteiger partial charge in [0, 0.05) is 29.2 Å². The van der Waals surface area contributed by atoms with E-state index in [0.717, 1.165) is 33.7 Å². The molecule has 0 unspecified atom stereocenters. The van der Waals surface area contributed by atoms with Crippen LogP contribution in [0.25, 0.3) is 0 Å². The van der Waals surface area contributed by atoms with Crippen molar-refractivity contribution in [2.24, 2.45) is 0 Å². The number of carbonyl (C=O) groups excluding carboxylic acids is 2. The van der Waals surface area contributed by atoms with Gasteiger partial charge in [0.15, 0.2) is 0 Å². The van der Waals surface area contributed by atoms with Crippen LogP contribution in [0, 0.1) is 6.92 Å². The largest absolute Gasteiger partial charge is 0.573 e. The number of nitrogens with zero attached hydrogens (tertiary/aromatic N) is 2. The number of pyridine rings is 1. The summed E-state index contributed by atoms with van der Waals surface area (Å²) in [4.78, 5) is 40.8. The maximum atomic E-state index is 13.6. The second-order valence-electron chi connectivity index (χ2n) is 8.83. The standard InChI is InChI=1S/C26H21ClF5N3O4/c1-14-10-11-34(13-20(28)29)25(38)22(14)35-12-19(15-2-6-17(27)7-3-15)21(24(35)37)33-23(36)16-4-8-18(9-5-16)39-26(30,31)32/h2-11,19-21H,12-13H2,1H3,(H,33,36)/t19-,21-/m0/s1. The van der Waals surface area contributed by atoms with Gasteiger partial charge < -0.3 is 19.5 Å². The first-order valence-corrected chi connectivity index (χ1v) is 11.9. The van der Waals surface area contributed by atoms with E-state index in [1.807, 2.05) is 0 Å². The highest BCUT2D eigenvalue weighted by molar-refractivity contribution is 6.30. The molecule has 1 fully saturated rings. The lowest BCUT2D eigenvalue weighted by Gasteiger charge is -2.20. The van der Waals surface area contributed by atoms with Crippen LogP contribution in [-0.4, -0.2) is 41.8 Å². The molecule has 0 bridgehead atoms. The lowest BCUT2D eigenvalue weighted by Crippen LogP contribution is -2.44. The van der Waals surface area contributed by atoms with E-state index in [1.165, 1.54) is 12.3 Å². The summed E-state index contributed by atoms with van der Waals surface area (Å²) >= 11 is 5.99. The van der Waals surface area contributed by atoms with Crippen LogP contribution in [0.4, 0.5) is 27.6 Å². The summed E-state index contributed by atoms with van der Waals surface area (Å²) in [5.74, 6) is -2.61. The van der Waals surface area contributed by atoms with Gasteiger partial charge in [0.2, 0.25) is 5.91 Å². The van der Waals surface area contributed by atoms with Crippen molar-refractivity contribution in [3.05, 3.63) is 92.9 Å². The third-order valence-corrected chi connectivity index (χ3v) is 6.45. The van der Waals surface area contributed by atoms with Crippen LogP contribution < -0.4 is 20.5 Å². The second-order valence-corrected chi connectivity index (χ2v) is 9.26. The fourth-order valence-corrected chi connectivity index (χ4v) is 4.54. The van der Waals surface area contributed by atoms with Crippen molar-refractivity contribution in [1.82, 2.24) is 9.88 Å². The number of amides is 2. The van der Waals surface area contributed by atoms with E-state index in [9.17, 15) is 36.3 Å². The number of benzene rings is 2. The molecule has 1 N–H and O–H groups in total. The van der Waals surface area contributed by atoms with Crippen LogP contribution >= 0.6 is 11.6 Å². The third-order valence-electron chi connectivity index (χ3n) is 6.19. The number of carbonyl (C=O) groups is 2. The summed E-state index contributed by atoms with van der Waals surface area (Å²) in [7, 11) is 0. The summed E-state index contributed by atoms with van der Waals surface area (Å²) in [6, 6.07) is 10.9. The Morgan fingerprint density at radius 3 is 2.31 bits per heavy atom. The molecule has 1 aliphatic heterocycles. The van der Waals surface area contributed by atoms with Gasteiger partial charge in [0.05, 0.1) is 6.54 Å². The van der Waals surface area contributed by atoms with Crippen molar-refractivity contribution >= 4 is 29.1 Å². The SMILES string of the molecule is Cc1ccn(CC(F)F)c(=O)c1N1C[C@@H](c2ccc(Cl)cc2)[C@H](NC(=O)c2ccc(OC(F)(F)F)cc2)C1=O. The first kappa shape index (κ1) is 28.1. The van der Waals surface area contributed by atoms with Gasteiger partial charge in [-0.25, -0.2) is 8.78 Å². The summed E-state index contributed by atoms with van der Waals surface area (Å²) in [5, 5.41) is 3.03. The van der Waals surface area contributed by atoms with Gasteiger partial charge in [-0.1, -0.05) is 23.7 Å². The predicted octanol–water partition coefficient (Wildman–Crippen LogP) is 4.90. The Bertz CT molecular complexity index is 1430. The van der Waals surface area contributed by atoms with E-state index in [0.29, 0.717) is 16.1 Å². The van der Waals surface area contributed by atoms with Crippen molar-refractivity contribution in [2.75, 3.05) is 11.4 Å². The molecular weight excluding hydrogens is 549 g/mol. The van der Waals surface area contributed by atoms with Gasteiger partial charge in [0.1, 0.15) is 17.5 Å². The molecule has 1 aliphatic rings. The van der Waals surface area contributed by atoms with E-state index >= 15 is 0 Å². The van der Waals surface area contributed by atoms with Crippen molar-refractivity contribution in [3.8, 4) is 5.75 Å². The zero-order chi connectivity index (χ0) is 28.5. The summed E-state index contributed by atoms with van der Waals surface area (Å²) in [6.45, 7) is 0.645. The molecule has 4 rings (SSSR count). The van der Waals surface area contributed by atoms with E-state index in [-0.39, 0.29) is 17.8 Å². The molecule has 2 aromatic carbocycles. The average molecular weight is 570 g/mol. The topological polar surface area (TPSA) is 80.6 Å². The number of hydrogen-bond donors (Lipinski definition) is 1. The van der Waals surface area contributed by atoms with E-state index in [4.69, 9.17) is 11.6 Å². The van der Waals surface area contributed by atoms with Gasteiger partial charge >= 0.3 is 6.36 Å². The number of halogens is 6. The number of hydrogen-bond acceptors (Lipinski definition) is 4. The highest BCUT2D eigenvalue weighted by Crippen LogP contribution is 2.33. The van der Waals surface area contributed by atoms with E-state index in [2.05, 4.69) is 10.1 Å². The highest BCUT2D eigenvalue weighted by Gasteiger charge is 2.44. The minimum atomic E-state index is -4.90. The molecule has 3 aromatic rings.